The van der Waals surface area contributed by atoms with Crippen LogP contribution >= 0.6 is 0 Å². The van der Waals surface area contributed by atoms with Crippen molar-refractivity contribution in [3.05, 3.63) is 56.2 Å². The zero-order valence-electron chi connectivity index (χ0n) is 14.8. The number of benzene rings is 1. The Bertz CT molecular complexity index is 854. The van der Waals surface area contributed by atoms with Crippen LogP contribution in [0.4, 0.5) is 5.82 Å². The van der Waals surface area contributed by atoms with Gasteiger partial charge in [-0.2, -0.15) is 0 Å². The molecule has 2 N–H and O–H groups in total. The lowest BCUT2D eigenvalue weighted by Gasteiger charge is -2.34. The van der Waals surface area contributed by atoms with Gasteiger partial charge in [0.2, 0.25) is 0 Å². The van der Waals surface area contributed by atoms with Crippen molar-refractivity contribution in [2.75, 3.05) is 19.1 Å². The maximum atomic E-state index is 12.3. The highest BCUT2D eigenvalue weighted by atomic mass is 16.5. The first-order chi connectivity index (χ1) is 12.0. The van der Waals surface area contributed by atoms with E-state index in [-0.39, 0.29) is 5.56 Å². The second kappa shape index (κ2) is 7.14. The topological polar surface area (TPSA) is 79.4 Å². The monoisotopic (exact) mass is 344 g/mol. The summed E-state index contributed by atoms with van der Waals surface area (Å²) in [4.78, 5) is 29.3. The molecule has 1 aliphatic heterocycles. The highest BCUT2D eigenvalue weighted by molar-refractivity contribution is 5.46. The zero-order valence-corrected chi connectivity index (χ0v) is 14.8. The summed E-state index contributed by atoms with van der Waals surface area (Å²) in [5.74, 6) is 1.38. The smallest absolute Gasteiger partial charge is 0.330 e. The van der Waals surface area contributed by atoms with Crippen molar-refractivity contribution < 1.29 is 4.74 Å². The van der Waals surface area contributed by atoms with Crippen LogP contribution in [0, 0.1) is 0 Å². The average Bonchev–Trinajstić information content (AvgIpc) is 2.64. The van der Waals surface area contributed by atoms with Crippen molar-refractivity contribution in [2.24, 2.45) is 0 Å². The number of hydrogen-bond donors (Lipinski definition) is 2. The van der Waals surface area contributed by atoms with E-state index < -0.39 is 5.69 Å². The highest BCUT2D eigenvalue weighted by Gasteiger charge is 2.24. The predicted molar refractivity (Wildman–Crippen MR) is 97.2 cm³/mol. The Labute approximate surface area is 146 Å². The summed E-state index contributed by atoms with van der Waals surface area (Å²) >= 11 is 0. The molecule has 0 fully saturated rings. The fourth-order valence-electron chi connectivity index (χ4n) is 3.03. The Morgan fingerprint density at radius 3 is 2.60 bits per heavy atom. The van der Waals surface area contributed by atoms with E-state index in [2.05, 4.69) is 29.0 Å². The third-order valence-electron chi connectivity index (χ3n) is 4.82. The van der Waals surface area contributed by atoms with E-state index in [1.165, 1.54) is 0 Å². The molecule has 1 atom stereocenters. The van der Waals surface area contributed by atoms with Crippen LogP contribution in [0.2, 0.25) is 0 Å². The summed E-state index contributed by atoms with van der Waals surface area (Å²) in [5.41, 5.74) is 0.860. The molecule has 0 aliphatic carbocycles. The molecule has 0 saturated carbocycles. The molecule has 7 heteroatoms. The van der Waals surface area contributed by atoms with Gasteiger partial charge < -0.3 is 10.1 Å². The van der Waals surface area contributed by atoms with Gasteiger partial charge in [0.25, 0.3) is 5.56 Å². The van der Waals surface area contributed by atoms with Gasteiger partial charge >= 0.3 is 5.69 Å². The molecule has 25 heavy (non-hydrogen) atoms. The van der Waals surface area contributed by atoms with Crippen molar-refractivity contribution in [1.82, 2.24) is 14.5 Å². The number of nitrogens with zero attached hydrogens (tertiary/aromatic N) is 2. The second-order valence-electron chi connectivity index (χ2n) is 6.36. The lowest BCUT2D eigenvalue weighted by Crippen LogP contribution is -2.46. The van der Waals surface area contributed by atoms with E-state index in [1.54, 1.807) is 11.7 Å². The van der Waals surface area contributed by atoms with Crippen LogP contribution in [-0.2, 0) is 13.1 Å². The molecule has 0 spiro atoms. The molecular formula is C18H24N4O3. The number of fused-ring (bicyclic) bond motifs is 1. The number of anilines is 1. The Morgan fingerprint density at radius 1 is 1.24 bits per heavy atom. The molecule has 0 bridgehead atoms. The minimum absolute atomic E-state index is 0.313. The van der Waals surface area contributed by atoms with E-state index >= 15 is 0 Å². The normalized spacial score (nSPS) is 15.3. The van der Waals surface area contributed by atoms with Crippen LogP contribution in [0.1, 0.15) is 31.4 Å². The Hall–Kier alpha value is -2.54. The SMILES string of the molecule is CCC(C)N1CNc2c(c(=O)[nH]c(=O)n2Cc2ccc(OC)cc2)C1. The zero-order chi connectivity index (χ0) is 18.0. The second-order valence-corrected chi connectivity index (χ2v) is 6.36. The summed E-state index contributed by atoms with van der Waals surface area (Å²) in [7, 11) is 1.62. The van der Waals surface area contributed by atoms with Crippen LogP contribution in [0.5, 0.6) is 5.75 Å². The molecule has 1 aromatic heterocycles. The molecule has 1 aliphatic rings. The fraction of sp³-hybridized carbons (Fsp3) is 0.444. The number of aromatic nitrogens is 2. The van der Waals surface area contributed by atoms with E-state index in [0.717, 1.165) is 17.7 Å². The van der Waals surface area contributed by atoms with Gasteiger partial charge in [0.05, 0.1) is 25.9 Å². The molecule has 0 radical (unpaired) electrons. The van der Waals surface area contributed by atoms with Gasteiger partial charge in [-0.05, 0) is 31.0 Å². The Balaban J connectivity index is 1.95. The van der Waals surface area contributed by atoms with Crippen molar-refractivity contribution >= 4 is 5.82 Å². The van der Waals surface area contributed by atoms with E-state index in [9.17, 15) is 9.59 Å². The quantitative estimate of drug-likeness (QED) is 0.861. The number of aromatic amines is 1. The van der Waals surface area contributed by atoms with E-state index in [0.29, 0.717) is 37.2 Å². The van der Waals surface area contributed by atoms with Crippen molar-refractivity contribution in [3.8, 4) is 5.75 Å². The van der Waals surface area contributed by atoms with Crippen LogP contribution < -0.4 is 21.3 Å². The minimum Gasteiger partial charge on any atom is -0.497 e. The van der Waals surface area contributed by atoms with Gasteiger partial charge in [0.1, 0.15) is 11.6 Å². The standard InChI is InChI=1S/C18H24N4O3/c1-4-12(2)21-10-15-16(19-11-21)22(18(24)20-17(15)23)9-13-5-7-14(25-3)8-6-13/h5-8,12,19H,4,9-11H2,1-3H3,(H,20,23,24). The first-order valence-corrected chi connectivity index (χ1v) is 8.50. The first-order valence-electron chi connectivity index (χ1n) is 8.50. The lowest BCUT2D eigenvalue weighted by atomic mass is 10.1. The van der Waals surface area contributed by atoms with Gasteiger partial charge in [0, 0.05) is 12.6 Å². The van der Waals surface area contributed by atoms with Crippen LogP contribution in [0.3, 0.4) is 0 Å². The third-order valence-corrected chi connectivity index (χ3v) is 4.82. The Kier molecular flexibility index (Phi) is 4.94. The van der Waals surface area contributed by atoms with Crippen molar-refractivity contribution in [3.63, 3.8) is 0 Å². The van der Waals surface area contributed by atoms with Crippen molar-refractivity contribution in [2.45, 2.75) is 39.4 Å². The van der Waals surface area contributed by atoms with Crippen molar-refractivity contribution in [1.29, 1.82) is 0 Å². The first kappa shape index (κ1) is 17.3. The molecule has 0 amide bonds. The maximum Gasteiger partial charge on any atom is 0.330 e. The number of rotatable bonds is 5. The average molecular weight is 344 g/mol. The fourth-order valence-corrected chi connectivity index (χ4v) is 3.03. The number of hydrogen-bond acceptors (Lipinski definition) is 5. The molecule has 0 saturated heterocycles. The van der Waals surface area contributed by atoms with E-state index in [1.807, 2.05) is 24.3 Å². The maximum absolute atomic E-state index is 12.3. The van der Waals surface area contributed by atoms with Crippen LogP contribution in [0.25, 0.3) is 0 Å². The molecule has 3 rings (SSSR count). The number of H-pyrrole nitrogens is 1. The molecule has 1 unspecified atom stereocenters. The minimum atomic E-state index is -0.399. The largest absolute Gasteiger partial charge is 0.497 e. The summed E-state index contributed by atoms with van der Waals surface area (Å²) in [6.45, 7) is 5.80. The lowest BCUT2D eigenvalue weighted by molar-refractivity contribution is 0.200. The van der Waals surface area contributed by atoms with Gasteiger partial charge in [0.15, 0.2) is 0 Å². The van der Waals surface area contributed by atoms with Crippen LogP contribution in [0.15, 0.2) is 33.9 Å². The summed E-state index contributed by atoms with van der Waals surface area (Å²) in [6, 6.07) is 7.91. The van der Waals surface area contributed by atoms with Gasteiger partial charge in [-0.3, -0.25) is 19.2 Å². The summed E-state index contributed by atoms with van der Waals surface area (Å²) in [6.07, 6.45) is 1.00. The highest BCUT2D eigenvalue weighted by Crippen LogP contribution is 2.21. The Morgan fingerprint density at radius 2 is 1.96 bits per heavy atom. The summed E-state index contributed by atoms with van der Waals surface area (Å²) in [5, 5.41) is 3.27. The van der Waals surface area contributed by atoms with Crippen LogP contribution in [-0.4, -0.2) is 34.3 Å². The molecule has 7 nitrogen and oxygen atoms in total. The number of nitrogens with one attached hydrogen (secondary N) is 2. The molecule has 2 aromatic rings. The number of ether oxygens (including phenoxy) is 1. The molecular weight excluding hydrogens is 320 g/mol. The predicted octanol–water partition coefficient (Wildman–Crippen LogP) is 1.58. The number of methoxy groups -OCH3 is 1. The third kappa shape index (κ3) is 3.46. The van der Waals surface area contributed by atoms with Gasteiger partial charge in [-0.1, -0.05) is 19.1 Å². The van der Waals surface area contributed by atoms with Gasteiger partial charge in [-0.25, -0.2) is 4.79 Å². The molecule has 1 aromatic carbocycles. The summed E-state index contributed by atoms with van der Waals surface area (Å²) < 4.78 is 6.75. The van der Waals surface area contributed by atoms with E-state index in [4.69, 9.17) is 4.74 Å². The van der Waals surface area contributed by atoms with Gasteiger partial charge in [-0.15, -0.1) is 0 Å². The molecule has 2 heterocycles. The molecule has 134 valence electrons.